The van der Waals surface area contributed by atoms with E-state index in [9.17, 15) is 38.4 Å². The molecule has 30 heteroatoms. The van der Waals surface area contributed by atoms with E-state index in [1.165, 1.54) is 56.3 Å². The number of likely N-dealkylation sites (tertiary alicyclic amines) is 1. The number of anilines is 4. The molecule has 27 nitrogen and oxygen atoms in total. The Bertz CT molecular complexity index is 4890. The van der Waals surface area contributed by atoms with Gasteiger partial charge in [-0.15, -0.1) is 11.6 Å². The molecule has 6 aliphatic rings. The van der Waals surface area contributed by atoms with Gasteiger partial charge in [0.25, 0.3) is 17.7 Å². The quantitative estimate of drug-likeness (QED) is 0.0195. The summed E-state index contributed by atoms with van der Waals surface area (Å²) >= 11 is 10.8. The predicted octanol–water partition coefficient (Wildman–Crippen LogP) is 12.1. The summed E-state index contributed by atoms with van der Waals surface area (Å²) in [7, 11) is 3.74. The minimum atomic E-state index is -1.03. The van der Waals surface area contributed by atoms with Crippen LogP contribution in [0.3, 0.4) is 0 Å². The number of fused-ring (bicyclic) bond motifs is 8. The highest BCUT2D eigenvalue weighted by atomic mass is 35.5. The molecule has 6 aromatic carbocycles. The summed E-state index contributed by atoms with van der Waals surface area (Å²) in [5, 5.41) is 21.1. The van der Waals surface area contributed by atoms with Crippen molar-refractivity contribution in [2.75, 3.05) is 132 Å². The number of hydrogen-bond donors (Lipinski definition) is 8. The number of halogens is 1. The first kappa shape index (κ1) is 83.7. The van der Waals surface area contributed by atoms with E-state index in [1.54, 1.807) is 71.4 Å². The molecule has 14 rings (SSSR count). The zero-order valence-corrected chi connectivity index (χ0v) is 69.4. The minimum Gasteiger partial charge on any atom is -0.445 e. The average molecular weight is 1650 g/mol. The number of benzene rings is 6. The van der Waals surface area contributed by atoms with E-state index in [0.29, 0.717) is 112 Å². The maximum Gasteiger partial charge on any atom is 0.415 e. The molecule has 8 aromatic rings. The van der Waals surface area contributed by atoms with Gasteiger partial charge in [0.15, 0.2) is 0 Å². The summed E-state index contributed by atoms with van der Waals surface area (Å²) in [5.41, 5.74) is 15.0. The van der Waals surface area contributed by atoms with Crippen LogP contribution < -0.4 is 52.2 Å². The van der Waals surface area contributed by atoms with E-state index >= 15 is 0 Å². The van der Waals surface area contributed by atoms with Gasteiger partial charge in [0, 0.05) is 176 Å². The lowest BCUT2D eigenvalue weighted by molar-refractivity contribution is -0.128. The van der Waals surface area contributed by atoms with Crippen LogP contribution in [0.15, 0.2) is 121 Å². The van der Waals surface area contributed by atoms with E-state index in [1.807, 2.05) is 104 Å². The Kier molecular flexibility index (Phi) is 28.1. The SMILES string of the molecule is CC(C)[C@@H](NCCNC(=O)c1ccc2nc3c(nc2c1)CSC1CCCCCCCC(C1)SC3)C(=O)N[C@H](CCCNC(N)=O)C(=O)Nc1ccc(COC(=O)N(C)C[C@@H]2C[C@@H](N3CCOCC3)CN2C(=O)Oc2cc3c(c4ccccc24)[C@H](CCl)CN3C(=O)c2cc3cc(NC(=O)c4ccc(N5CCN(C)CC5)cc4)ccc3[nH]2)cc1. The van der Waals surface area contributed by atoms with Gasteiger partial charge >= 0.3 is 18.2 Å². The number of ether oxygens (including phenoxy) is 3. The summed E-state index contributed by atoms with van der Waals surface area (Å²) in [6.45, 7) is 11.2. The highest BCUT2D eigenvalue weighted by Gasteiger charge is 2.42. The van der Waals surface area contributed by atoms with Gasteiger partial charge in [-0.05, 0) is 147 Å². The van der Waals surface area contributed by atoms with Crippen LogP contribution in [-0.4, -0.2) is 229 Å². The molecule has 4 fully saturated rings. The smallest absolute Gasteiger partial charge is 0.415 e. The summed E-state index contributed by atoms with van der Waals surface area (Å²) in [6.07, 6.45) is 9.95. The Hall–Kier alpha value is -9.75. The second-order valence-electron chi connectivity index (χ2n) is 31.9. The molecule has 2 bridgehead atoms. The summed E-state index contributed by atoms with van der Waals surface area (Å²) in [5.74, 6) is -0.126. The lowest BCUT2D eigenvalue weighted by Gasteiger charge is -2.34. The number of morpholine rings is 1. The second kappa shape index (κ2) is 39.2. The van der Waals surface area contributed by atoms with Crippen LogP contribution >= 0.6 is 35.1 Å². The van der Waals surface area contributed by atoms with Gasteiger partial charge in [0.2, 0.25) is 11.8 Å². The third kappa shape index (κ3) is 21.0. The van der Waals surface area contributed by atoms with Gasteiger partial charge < -0.3 is 81.3 Å². The normalized spacial score (nSPS) is 19.9. The number of alkyl halides is 1. The van der Waals surface area contributed by atoms with Crippen LogP contribution in [0.25, 0.3) is 32.7 Å². The Balaban J connectivity index is 0.579. The number of hydrogen-bond acceptors (Lipinski definition) is 19. The maximum atomic E-state index is 15.0. The highest BCUT2D eigenvalue weighted by Crippen LogP contribution is 2.47. The lowest BCUT2D eigenvalue weighted by atomic mass is 9.95. The summed E-state index contributed by atoms with van der Waals surface area (Å²) in [4.78, 5) is 136. The number of urea groups is 1. The number of thioether (sulfide) groups is 2. The molecule has 5 aliphatic heterocycles. The number of carbonyl (C=O) groups excluding carboxylic acids is 8. The molecular formula is C87H107ClN16O11S2. The molecule has 9 N–H and O–H groups in total. The van der Waals surface area contributed by atoms with Crippen molar-refractivity contribution in [2.45, 2.75) is 143 Å². The van der Waals surface area contributed by atoms with Crippen LogP contribution in [-0.2, 0) is 37.2 Å². The first-order chi connectivity index (χ1) is 56.7. The van der Waals surface area contributed by atoms with Gasteiger partial charge in [0.1, 0.15) is 24.1 Å². The number of likely N-dealkylation sites (N-methyl/N-ethyl adjacent to an activating group) is 2. The molecule has 1 aliphatic carbocycles. The zero-order chi connectivity index (χ0) is 81.6. The molecule has 7 atom stereocenters. The van der Waals surface area contributed by atoms with E-state index < -0.39 is 48.2 Å². The number of H-pyrrole nitrogens is 1. The van der Waals surface area contributed by atoms with E-state index in [2.05, 4.69) is 58.6 Å². The number of piperazine rings is 1. The van der Waals surface area contributed by atoms with Crippen molar-refractivity contribution >= 4 is 138 Å². The Labute approximate surface area is 696 Å². The van der Waals surface area contributed by atoms with Crippen LogP contribution in [0.1, 0.15) is 144 Å². The number of rotatable bonds is 25. The molecule has 0 spiro atoms. The van der Waals surface area contributed by atoms with Crippen LogP contribution in [0.2, 0.25) is 0 Å². The molecule has 1 saturated carbocycles. The number of aromatic amines is 1. The van der Waals surface area contributed by atoms with Crippen LogP contribution in [0.5, 0.6) is 5.75 Å². The number of nitrogens with zero attached hydrogens (tertiary/aromatic N) is 8. The molecule has 9 amide bonds. The standard InChI is InChI=1S/C87H107ClN16O11S2/c1-54(2)79(90-31-32-91-80(105)57-22-28-70-72(42-57)97-75-53-117-66-14-9-7-5-6-8-13-65(45-66)116-52-74(75)96-70)83(108)98-71(17-12-30-92-85(89)110)82(107)93-60-23-18-55(19-24-60)51-114-86(111)100(4)49-64-44-63(102-37-39-113-40-38-102)50-103(64)87(112)115-77-46-76-78(68-16-11-10-15-67(68)77)59(47-88)48-104(76)84(109)73-43-58-41-61(25-29-69(58)95-73)94-81(106)56-20-26-62(27-21-56)101-35-33-99(3)34-36-101/h10-11,15-16,18-29,41-43,46,54,59,63-66,71,79,90,95H,5-9,12-14,17,30-40,44-45,47-53H2,1-4H3,(H,91,105)(H,93,107)(H,94,106)(H,98,108)(H3,89,92,110)/t59-,63-,64+,65?,66?,71-,79-/m1/s1. The molecule has 117 heavy (non-hydrogen) atoms. The lowest BCUT2D eigenvalue weighted by Crippen LogP contribution is -2.54. The summed E-state index contributed by atoms with van der Waals surface area (Å²) in [6, 6.07) is 33.4. The predicted molar refractivity (Wildman–Crippen MR) is 461 cm³/mol. The molecule has 2 unspecified atom stereocenters. The van der Waals surface area contributed by atoms with Gasteiger partial charge in [-0.2, -0.15) is 23.5 Å². The topological polar surface area (TPSA) is 323 Å². The fraction of sp³-hybridized carbons (Fsp3) is 0.471. The third-order valence-electron chi connectivity index (χ3n) is 23.3. The Morgan fingerprint density at radius 2 is 1.41 bits per heavy atom. The number of amides is 9. The van der Waals surface area contributed by atoms with E-state index in [4.69, 9.17) is 41.5 Å². The molecule has 0 radical (unpaired) electrons. The molecular weight excluding hydrogens is 1540 g/mol. The second-order valence-corrected chi connectivity index (χ2v) is 34.8. The van der Waals surface area contributed by atoms with Crippen molar-refractivity contribution in [3.05, 3.63) is 161 Å². The van der Waals surface area contributed by atoms with Crippen molar-refractivity contribution in [1.82, 2.24) is 55.8 Å². The van der Waals surface area contributed by atoms with Crippen molar-refractivity contribution in [1.29, 1.82) is 0 Å². The number of primary amides is 1. The summed E-state index contributed by atoms with van der Waals surface area (Å²) < 4.78 is 18.1. The fourth-order valence-electron chi connectivity index (χ4n) is 16.8. The van der Waals surface area contributed by atoms with E-state index in [-0.39, 0.29) is 93.0 Å². The van der Waals surface area contributed by atoms with Crippen molar-refractivity contribution in [3.8, 4) is 5.75 Å². The fourth-order valence-corrected chi connectivity index (χ4v) is 19.8. The van der Waals surface area contributed by atoms with Crippen LogP contribution in [0, 0.1) is 5.92 Å². The first-order valence-electron chi connectivity index (χ1n) is 41.1. The number of carbonyl (C=O) groups is 8. The molecule has 2 aromatic heterocycles. The van der Waals surface area contributed by atoms with Gasteiger partial charge in [-0.25, -0.2) is 24.4 Å². The molecule has 620 valence electrons. The Morgan fingerprint density at radius 3 is 2.13 bits per heavy atom. The average Bonchev–Trinajstić information content (AvgIpc) is 1.62. The van der Waals surface area contributed by atoms with Crippen molar-refractivity contribution in [2.24, 2.45) is 11.7 Å². The van der Waals surface area contributed by atoms with Crippen LogP contribution in [0.4, 0.5) is 37.1 Å². The van der Waals surface area contributed by atoms with Gasteiger partial charge in [-0.1, -0.05) is 82.3 Å². The van der Waals surface area contributed by atoms with Crippen molar-refractivity contribution < 1.29 is 52.6 Å². The van der Waals surface area contributed by atoms with E-state index in [0.717, 1.165) is 76.6 Å². The molecule has 7 heterocycles. The Morgan fingerprint density at radius 1 is 0.709 bits per heavy atom. The third-order valence-corrected chi connectivity index (χ3v) is 26.4. The van der Waals surface area contributed by atoms with Crippen molar-refractivity contribution in [3.63, 3.8) is 0 Å². The number of aromatic nitrogens is 3. The zero-order valence-electron chi connectivity index (χ0n) is 67.0. The first-order valence-corrected chi connectivity index (χ1v) is 43.8. The monoisotopic (exact) mass is 1650 g/mol. The van der Waals surface area contributed by atoms with Gasteiger partial charge in [-0.3, -0.25) is 28.9 Å². The number of nitrogens with two attached hydrogens (primary N) is 1. The molecule has 3 saturated heterocycles. The largest absolute Gasteiger partial charge is 0.445 e. The number of nitrogens with one attached hydrogen (secondary N) is 7. The minimum absolute atomic E-state index is 0.0678. The highest BCUT2D eigenvalue weighted by molar-refractivity contribution is 8.00. The maximum absolute atomic E-state index is 15.0. The van der Waals surface area contributed by atoms with Gasteiger partial charge in [0.05, 0.1) is 53.4 Å².